The fourth-order valence-corrected chi connectivity index (χ4v) is 4.95. The smallest absolute Gasteiger partial charge is 0.00645 e. The molecule has 2 heteroatoms. The van der Waals surface area contributed by atoms with Crippen LogP contribution in [-0.2, 0) is 0 Å². The van der Waals surface area contributed by atoms with Crippen molar-refractivity contribution in [1.29, 1.82) is 0 Å². The van der Waals surface area contributed by atoms with E-state index in [1.165, 1.54) is 11.3 Å². The number of rotatable bonds is 6. The normalized spacial score (nSPS) is 15.6. The zero-order valence-electron chi connectivity index (χ0n) is 10.5. The van der Waals surface area contributed by atoms with Crippen molar-refractivity contribution in [2.24, 2.45) is 11.7 Å². The van der Waals surface area contributed by atoms with Crippen molar-refractivity contribution < 1.29 is 0 Å². The average molecular weight is 217 g/mol. The van der Waals surface area contributed by atoms with E-state index in [2.05, 4.69) is 39.9 Å². The summed E-state index contributed by atoms with van der Waals surface area (Å²) >= 11 is 0. The van der Waals surface area contributed by atoms with E-state index in [4.69, 9.17) is 5.73 Å². The van der Waals surface area contributed by atoms with Crippen molar-refractivity contribution in [3.8, 4) is 0 Å². The minimum Gasteiger partial charge on any atom is -0.329 e. The Kier molecular flexibility index (Phi) is 5.84. The molecule has 1 unspecified atom stereocenters. The summed E-state index contributed by atoms with van der Waals surface area (Å²) in [6, 6.07) is 0. The molecule has 0 aromatic heterocycles. The first kappa shape index (κ1) is 14.1. The maximum atomic E-state index is 5.87. The largest absolute Gasteiger partial charge is 0.329 e. The van der Waals surface area contributed by atoms with Crippen molar-refractivity contribution in [2.75, 3.05) is 19.1 Å². The first-order chi connectivity index (χ1) is 6.37. The molecule has 0 aromatic rings. The van der Waals surface area contributed by atoms with Crippen LogP contribution in [0.1, 0.15) is 33.6 Å². The second kappa shape index (κ2) is 5.82. The standard InChI is InChI=1S/C12H27NS/c1-7-8-11(4)14(5,6)12(9-13)10(2)3/h10,12H,4,7-9,13H2,1-3,5-6H3. The van der Waals surface area contributed by atoms with Gasteiger partial charge in [-0.2, -0.15) is 0 Å². The SMILES string of the molecule is C=C(CCC)S(C)(C)C(CN)C(C)C. The maximum absolute atomic E-state index is 5.87. The van der Waals surface area contributed by atoms with E-state index in [9.17, 15) is 0 Å². The van der Waals surface area contributed by atoms with Crippen LogP contribution in [0.5, 0.6) is 0 Å². The first-order valence-corrected chi connectivity index (χ1v) is 7.99. The zero-order chi connectivity index (χ0) is 11.4. The molecule has 0 aromatic carbocycles. The predicted molar refractivity (Wildman–Crippen MR) is 71.2 cm³/mol. The van der Waals surface area contributed by atoms with E-state index >= 15 is 0 Å². The summed E-state index contributed by atoms with van der Waals surface area (Å²) in [6.07, 6.45) is 7.08. The maximum Gasteiger partial charge on any atom is 0.00645 e. The summed E-state index contributed by atoms with van der Waals surface area (Å²) < 4.78 is 0. The highest BCUT2D eigenvalue weighted by atomic mass is 32.3. The molecule has 0 aliphatic carbocycles. The molecule has 0 aliphatic rings. The van der Waals surface area contributed by atoms with Gasteiger partial charge in [0, 0.05) is 11.8 Å². The Bertz CT molecular complexity index is 185. The summed E-state index contributed by atoms with van der Waals surface area (Å²) in [7, 11) is -0.732. The molecule has 0 aliphatic heterocycles. The lowest BCUT2D eigenvalue weighted by Crippen LogP contribution is -2.31. The third kappa shape index (κ3) is 3.32. The van der Waals surface area contributed by atoms with Gasteiger partial charge in [0.15, 0.2) is 0 Å². The van der Waals surface area contributed by atoms with Gasteiger partial charge in [-0.15, -0.1) is 0 Å². The van der Waals surface area contributed by atoms with Gasteiger partial charge in [0.1, 0.15) is 0 Å². The first-order valence-electron chi connectivity index (χ1n) is 5.48. The second-order valence-electron chi connectivity index (χ2n) is 4.71. The van der Waals surface area contributed by atoms with Gasteiger partial charge in [0.2, 0.25) is 0 Å². The molecule has 0 spiro atoms. The predicted octanol–water partition coefficient (Wildman–Crippen LogP) is 3.35. The zero-order valence-corrected chi connectivity index (χ0v) is 11.3. The quantitative estimate of drug-likeness (QED) is 0.725. The summed E-state index contributed by atoms with van der Waals surface area (Å²) in [6.45, 7) is 11.8. The molecule has 0 bridgehead atoms. The molecule has 0 radical (unpaired) electrons. The van der Waals surface area contributed by atoms with Gasteiger partial charge in [-0.25, -0.2) is 10.0 Å². The third-order valence-electron chi connectivity index (χ3n) is 3.01. The molecule has 0 heterocycles. The average Bonchev–Trinajstić information content (AvgIpc) is 2.04. The summed E-state index contributed by atoms with van der Waals surface area (Å²) in [5.41, 5.74) is 5.87. The van der Waals surface area contributed by atoms with Crippen LogP contribution in [0, 0.1) is 5.92 Å². The van der Waals surface area contributed by atoms with Gasteiger partial charge < -0.3 is 5.73 Å². The highest BCUT2D eigenvalue weighted by Crippen LogP contribution is 2.55. The molecule has 0 saturated heterocycles. The van der Waals surface area contributed by atoms with Crippen molar-refractivity contribution in [1.82, 2.24) is 0 Å². The van der Waals surface area contributed by atoms with Crippen LogP contribution in [0.2, 0.25) is 0 Å². The Balaban J connectivity index is 4.63. The van der Waals surface area contributed by atoms with Gasteiger partial charge in [-0.05, 0) is 29.8 Å². The molecule has 0 fully saturated rings. The van der Waals surface area contributed by atoms with Crippen molar-refractivity contribution in [2.45, 2.75) is 38.9 Å². The van der Waals surface area contributed by atoms with Crippen molar-refractivity contribution in [3.63, 3.8) is 0 Å². The lowest BCUT2D eigenvalue weighted by Gasteiger charge is -2.43. The third-order valence-corrected chi connectivity index (χ3v) is 6.95. The monoisotopic (exact) mass is 217 g/mol. The van der Waals surface area contributed by atoms with E-state index < -0.39 is 10.0 Å². The number of nitrogens with two attached hydrogens (primary N) is 1. The molecule has 0 amide bonds. The number of allylic oxidation sites excluding steroid dienone is 1. The van der Waals surface area contributed by atoms with Crippen LogP contribution in [-0.4, -0.2) is 24.3 Å². The van der Waals surface area contributed by atoms with E-state index in [1.807, 2.05) is 0 Å². The van der Waals surface area contributed by atoms with E-state index in [1.54, 1.807) is 0 Å². The van der Waals surface area contributed by atoms with E-state index in [-0.39, 0.29) is 0 Å². The molecule has 14 heavy (non-hydrogen) atoms. The Morgan fingerprint density at radius 2 is 1.86 bits per heavy atom. The molecule has 0 rings (SSSR count). The fourth-order valence-electron chi connectivity index (χ4n) is 1.95. The molecular weight excluding hydrogens is 190 g/mol. The highest BCUT2D eigenvalue weighted by Gasteiger charge is 2.27. The summed E-state index contributed by atoms with van der Waals surface area (Å²) in [5.74, 6) is 0.665. The molecule has 0 saturated carbocycles. The van der Waals surface area contributed by atoms with Crippen LogP contribution in [0.3, 0.4) is 0 Å². The second-order valence-corrected chi connectivity index (χ2v) is 8.71. The molecular formula is C12H27NS. The fraction of sp³-hybridized carbons (Fsp3) is 0.833. The molecule has 1 nitrogen and oxygen atoms in total. The minimum atomic E-state index is -0.732. The summed E-state index contributed by atoms with van der Waals surface area (Å²) in [5, 5.41) is 0.626. The van der Waals surface area contributed by atoms with Gasteiger partial charge in [0.05, 0.1) is 0 Å². The van der Waals surface area contributed by atoms with Crippen LogP contribution in [0.15, 0.2) is 11.5 Å². The molecule has 86 valence electrons. The van der Waals surface area contributed by atoms with Crippen LogP contribution < -0.4 is 5.73 Å². The van der Waals surface area contributed by atoms with Crippen LogP contribution in [0.4, 0.5) is 0 Å². The molecule has 1 atom stereocenters. The topological polar surface area (TPSA) is 26.0 Å². The van der Waals surface area contributed by atoms with Gasteiger partial charge in [-0.3, -0.25) is 0 Å². The van der Waals surface area contributed by atoms with Gasteiger partial charge in [-0.1, -0.05) is 33.8 Å². The molecule has 2 N–H and O–H groups in total. The Morgan fingerprint density at radius 1 is 1.36 bits per heavy atom. The van der Waals surface area contributed by atoms with E-state index in [0.29, 0.717) is 11.2 Å². The van der Waals surface area contributed by atoms with Gasteiger partial charge >= 0.3 is 0 Å². The summed E-state index contributed by atoms with van der Waals surface area (Å²) in [4.78, 5) is 1.43. The lowest BCUT2D eigenvalue weighted by molar-refractivity contribution is 0.608. The minimum absolute atomic E-state index is 0.626. The lowest BCUT2D eigenvalue weighted by atomic mass is 10.1. The van der Waals surface area contributed by atoms with Crippen LogP contribution >= 0.6 is 10.0 Å². The Hall–Kier alpha value is 0.0500. The van der Waals surface area contributed by atoms with E-state index in [0.717, 1.165) is 13.0 Å². The number of hydrogen-bond donors (Lipinski definition) is 1. The van der Waals surface area contributed by atoms with Gasteiger partial charge in [0.25, 0.3) is 0 Å². The number of hydrogen-bond acceptors (Lipinski definition) is 1. The van der Waals surface area contributed by atoms with Crippen LogP contribution in [0.25, 0.3) is 0 Å². The Labute approximate surface area is 91.5 Å². The van der Waals surface area contributed by atoms with Crippen molar-refractivity contribution >= 4 is 10.0 Å². The van der Waals surface area contributed by atoms with Crippen molar-refractivity contribution in [3.05, 3.63) is 11.5 Å². The Morgan fingerprint density at radius 3 is 2.14 bits per heavy atom. The highest BCUT2D eigenvalue weighted by molar-refractivity contribution is 8.36.